The number of carboxylic acid groups (broad SMARTS) is 1. The van der Waals surface area contributed by atoms with Crippen LogP contribution in [0.2, 0.25) is 0 Å². The number of nitrogens with one attached hydrogen (secondary N) is 1. The second kappa shape index (κ2) is 9.27. The van der Waals surface area contributed by atoms with Crippen LogP contribution in [0.1, 0.15) is 11.3 Å². The first kappa shape index (κ1) is 19.8. The Morgan fingerprint density at radius 1 is 1.44 bits per heavy atom. The van der Waals surface area contributed by atoms with E-state index in [9.17, 15) is 4.79 Å². The van der Waals surface area contributed by atoms with Crippen molar-refractivity contribution in [2.45, 2.75) is 19.6 Å². The van der Waals surface area contributed by atoms with Gasteiger partial charge in [0.2, 0.25) is 0 Å². The summed E-state index contributed by atoms with van der Waals surface area (Å²) in [5.74, 6) is -0.818. The first-order valence-electron chi connectivity index (χ1n) is 9.00. The molecule has 2 N–H and O–H groups in total. The van der Waals surface area contributed by atoms with Gasteiger partial charge in [-0.3, -0.25) is 14.6 Å². The van der Waals surface area contributed by atoms with Crippen LogP contribution in [0, 0.1) is 6.92 Å². The number of thiazole rings is 1. The molecule has 1 fully saturated rings. The van der Waals surface area contributed by atoms with E-state index in [1.165, 1.54) is 5.56 Å². The van der Waals surface area contributed by atoms with E-state index in [1.54, 1.807) is 23.3 Å². The second-order valence-corrected chi connectivity index (χ2v) is 7.81. The Morgan fingerprint density at radius 2 is 2.22 bits per heavy atom. The molecule has 146 valence electrons. The highest BCUT2D eigenvalue weighted by Crippen LogP contribution is 2.22. The number of benzene rings is 1. The molecule has 0 bridgehead atoms. The molecule has 1 unspecified atom stereocenters. The average molecular weight is 391 g/mol. The van der Waals surface area contributed by atoms with Crippen LogP contribution in [0.3, 0.4) is 0 Å². The molecule has 8 heteroatoms. The number of likely N-dealkylation sites (N-methyl/N-ethyl adjacent to an activating group) is 1. The summed E-state index contributed by atoms with van der Waals surface area (Å²) in [6, 6.07) is 8.26. The first-order chi connectivity index (χ1) is 13.0. The van der Waals surface area contributed by atoms with Gasteiger partial charge in [-0.2, -0.15) is 0 Å². The van der Waals surface area contributed by atoms with Crippen molar-refractivity contribution in [1.82, 2.24) is 14.8 Å². The van der Waals surface area contributed by atoms with Crippen LogP contribution in [0.15, 0.2) is 29.6 Å². The topological polar surface area (TPSA) is 77.9 Å². The Labute approximate surface area is 163 Å². The normalized spacial score (nSPS) is 18.0. The van der Waals surface area contributed by atoms with E-state index >= 15 is 0 Å². The molecule has 1 aliphatic heterocycles. The molecule has 0 amide bonds. The molecule has 1 atom stereocenters. The SMILES string of the molecule is Cc1ccc(Nc2nc(CN3CCOC(CN(C)CC(=O)O)C3)cs2)cc1. The Bertz CT molecular complexity index is 750. The summed E-state index contributed by atoms with van der Waals surface area (Å²) in [6.07, 6.45) is 0.0203. The van der Waals surface area contributed by atoms with Gasteiger partial charge in [-0.05, 0) is 26.1 Å². The largest absolute Gasteiger partial charge is 0.480 e. The number of carboxylic acids is 1. The maximum atomic E-state index is 10.8. The summed E-state index contributed by atoms with van der Waals surface area (Å²) in [7, 11) is 1.81. The van der Waals surface area contributed by atoms with E-state index in [2.05, 4.69) is 51.8 Å². The van der Waals surface area contributed by atoms with Crippen molar-refractivity contribution in [3.05, 3.63) is 40.9 Å². The predicted molar refractivity (Wildman–Crippen MR) is 107 cm³/mol. The maximum Gasteiger partial charge on any atom is 0.317 e. The minimum absolute atomic E-state index is 0.0203. The molecule has 2 aromatic rings. The molecule has 0 radical (unpaired) electrons. The predicted octanol–water partition coefficient (Wildman–Crippen LogP) is 2.41. The molecule has 7 nitrogen and oxygen atoms in total. The lowest BCUT2D eigenvalue weighted by Crippen LogP contribution is -2.47. The number of hydrogen-bond acceptors (Lipinski definition) is 7. The minimum Gasteiger partial charge on any atom is -0.480 e. The fourth-order valence-corrected chi connectivity index (χ4v) is 3.83. The zero-order chi connectivity index (χ0) is 19.2. The fourth-order valence-electron chi connectivity index (χ4n) is 3.10. The average Bonchev–Trinajstić information content (AvgIpc) is 3.03. The number of ether oxygens (including phenoxy) is 1. The van der Waals surface area contributed by atoms with E-state index in [0.29, 0.717) is 13.2 Å². The molecule has 2 heterocycles. The van der Waals surface area contributed by atoms with Crippen LogP contribution in [0.5, 0.6) is 0 Å². The smallest absolute Gasteiger partial charge is 0.317 e. The van der Waals surface area contributed by atoms with Gasteiger partial charge >= 0.3 is 5.97 Å². The van der Waals surface area contributed by atoms with Gasteiger partial charge in [0.15, 0.2) is 5.13 Å². The molecule has 1 aromatic heterocycles. The van der Waals surface area contributed by atoms with Crippen LogP contribution in [0.25, 0.3) is 0 Å². The highest BCUT2D eigenvalue weighted by atomic mass is 32.1. The molecule has 1 saturated heterocycles. The number of hydrogen-bond donors (Lipinski definition) is 2. The molecule has 3 rings (SSSR count). The Kier molecular flexibility index (Phi) is 6.78. The third-order valence-electron chi connectivity index (χ3n) is 4.38. The number of rotatable bonds is 8. The van der Waals surface area contributed by atoms with Crippen LogP contribution >= 0.6 is 11.3 Å². The van der Waals surface area contributed by atoms with Crippen LogP contribution in [-0.4, -0.2) is 71.8 Å². The standard InChI is InChI=1S/C19H26N4O3S/c1-14-3-5-15(6-4-14)20-19-21-16(13-27-19)9-23-7-8-26-17(11-23)10-22(2)12-18(24)25/h3-6,13,17H,7-12H2,1-2H3,(H,20,21)(H,24,25). The van der Waals surface area contributed by atoms with E-state index in [-0.39, 0.29) is 12.6 Å². The third kappa shape index (κ3) is 6.28. The van der Waals surface area contributed by atoms with Crippen molar-refractivity contribution in [3.8, 4) is 0 Å². The van der Waals surface area contributed by atoms with Gasteiger partial charge in [-0.15, -0.1) is 11.3 Å². The Hall–Kier alpha value is -2.00. The van der Waals surface area contributed by atoms with Crippen molar-refractivity contribution >= 4 is 28.1 Å². The molecular formula is C19H26N4O3S. The van der Waals surface area contributed by atoms with E-state index in [0.717, 1.165) is 36.1 Å². The summed E-state index contributed by atoms with van der Waals surface area (Å²) < 4.78 is 5.79. The molecular weight excluding hydrogens is 364 g/mol. The summed E-state index contributed by atoms with van der Waals surface area (Å²) in [6.45, 7) is 5.78. The summed E-state index contributed by atoms with van der Waals surface area (Å²) in [4.78, 5) is 19.6. The molecule has 1 aromatic carbocycles. The van der Waals surface area contributed by atoms with Gasteiger partial charge in [0.25, 0.3) is 0 Å². The lowest BCUT2D eigenvalue weighted by Gasteiger charge is -2.34. The summed E-state index contributed by atoms with van der Waals surface area (Å²) in [5, 5.41) is 15.2. The van der Waals surface area contributed by atoms with E-state index in [1.807, 2.05) is 0 Å². The number of carbonyl (C=O) groups is 1. The lowest BCUT2D eigenvalue weighted by molar-refractivity contribution is -0.138. The lowest BCUT2D eigenvalue weighted by atomic mass is 10.2. The second-order valence-electron chi connectivity index (χ2n) is 6.95. The number of anilines is 2. The van der Waals surface area contributed by atoms with Crippen LogP contribution < -0.4 is 5.32 Å². The minimum atomic E-state index is -0.818. The van der Waals surface area contributed by atoms with Crippen molar-refractivity contribution in [3.63, 3.8) is 0 Å². The number of aryl methyl sites for hydroxylation is 1. The molecule has 27 heavy (non-hydrogen) atoms. The van der Waals surface area contributed by atoms with Crippen LogP contribution in [0.4, 0.5) is 10.8 Å². The number of aliphatic carboxylic acids is 1. The number of nitrogens with zero attached hydrogens (tertiary/aromatic N) is 3. The first-order valence-corrected chi connectivity index (χ1v) is 9.88. The van der Waals surface area contributed by atoms with Crippen molar-refractivity contribution < 1.29 is 14.6 Å². The zero-order valence-corrected chi connectivity index (χ0v) is 16.5. The zero-order valence-electron chi connectivity index (χ0n) is 15.7. The van der Waals surface area contributed by atoms with Gasteiger partial charge in [0.05, 0.1) is 24.9 Å². The third-order valence-corrected chi connectivity index (χ3v) is 5.19. The summed E-state index contributed by atoms with van der Waals surface area (Å²) in [5.41, 5.74) is 3.31. The van der Waals surface area contributed by atoms with Gasteiger partial charge < -0.3 is 15.2 Å². The highest BCUT2D eigenvalue weighted by Gasteiger charge is 2.23. The van der Waals surface area contributed by atoms with E-state index < -0.39 is 5.97 Å². The fraction of sp³-hybridized carbons (Fsp3) is 0.474. The van der Waals surface area contributed by atoms with Gasteiger partial charge in [-0.25, -0.2) is 4.98 Å². The van der Waals surface area contributed by atoms with E-state index in [4.69, 9.17) is 9.84 Å². The van der Waals surface area contributed by atoms with Gasteiger partial charge in [0.1, 0.15) is 0 Å². The quantitative estimate of drug-likeness (QED) is 0.717. The highest BCUT2D eigenvalue weighted by molar-refractivity contribution is 7.13. The van der Waals surface area contributed by atoms with Crippen molar-refractivity contribution in [1.29, 1.82) is 0 Å². The molecule has 0 saturated carbocycles. The monoisotopic (exact) mass is 390 g/mol. The van der Waals surface area contributed by atoms with Gasteiger partial charge in [0, 0.05) is 37.2 Å². The Balaban J connectivity index is 1.50. The molecule has 0 aliphatic carbocycles. The van der Waals surface area contributed by atoms with Gasteiger partial charge in [-0.1, -0.05) is 17.7 Å². The molecule has 1 aliphatic rings. The van der Waals surface area contributed by atoms with Crippen molar-refractivity contribution in [2.24, 2.45) is 0 Å². The Morgan fingerprint density at radius 3 is 2.96 bits per heavy atom. The number of morpholine rings is 1. The van der Waals surface area contributed by atoms with Crippen LogP contribution in [-0.2, 0) is 16.1 Å². The molecule has 0 spiro atoms. The summed E-state index contributed by atoms with van der Waals surface area (Å²) >= 11 is 1.60. The number of aromatic nitrogens is 1. The maximum absolute atomic E-state index is 10.8. The van der Waals surface area contributed by atoms with Crippen molar-refractivity contribution in [2.75, 3.05) is 45.2 Å².